The number of phenolic OH excluding ortho intramolecular Hbond substituents is 1. The summed E-state index contributed by atoms with van der Waals surface area (Å²) in [6.45, 7) is 7.09. The Hall–Kier alpha value is -4.06. The van der Waals surface area contributed by atoms with Crippen LogP contribution in [0.5, 0.6) is 5.75 Å². The van der Waals surface area contributed by atoms with Gasteiger partial charge in [0.25, 0.3) is 0 Å². The fourth-order valence-electron chi connectivity index (χ4n) is 6.37. The van der Waals surface area contributed by atoms with Crippen molar-refractivity contribution in [3.05, 3.63) is 95.6 Å². The number of ether oxygens (including phenoxy) is 1. The maximum Gasteiger partial charge on any atom is 0.410 e. The van der Waals surface area contributed by atoms with E-state index in [1.165, 1.54) is 16.7 Å². The highest BCUT2D eigenvalue weighted by atomic mass is 16.6. The Bertz CT molecular complexity index is 1500. The van der Waals surface area contributed by atoms with E-state index in [4.69, 9.17) is 4.74 Å². The van der Waals surface area contributed by atoms with Crippen molar-refractivity contribution in [1.29, 1.82) is 0 Å². The van der Waals surface area contributed by atoms with Gasteiger partial charge >= 0.3 is 6.09 Å². The minimum Gasteiger partial charge on any atom is -0.508 e. The average molecular weight is 565 g/mol. The number of piperidine rings is 1. The molecule has 0 spiro atoms. The molecule has 1 aliphatic heterocycles. The second-order valence-electron chi connectivity index (χ2n) is 12.9. The van der Waals surface area contributed by atoms with Crippen molar-refractivity contribution in [2.24, 2.45) is 5.92 Å². The zero-order chi connectivity index (χ0) is 29.4. The molecule has 1 heterocycles. The predicted molar refractivity (Wildman–Crippen MR) is 165 cm³/mol. The summed E-state index contributed by atoms with van der Waals surface area (Å²) >= 11 is 0. The largest absolute Gasteiger partial charge is 0.508 e. The number of phenols is 1. The zero-order valence-electron chi connectivity index (χ0n) is 24.8. The van der Waals surface area contributed by atoms with Crippen LogP contribution in [0.15, 0.2) is 78.9 Å². The van der Waals surface area contributed by atoms with Gasteiger partial charge in [-0.1, -0.05) is 66.7 Å². The lowest BCUT2D eigenvalue weighted by Gasteiger charge is -2.40. The highest BCUT2D eigenvalue weighted by molar-refractivity contribution is 5.85. The number of nitrogens with zero attached hydrogens (tertiary/aromatic N) is 2. The molecule has 2 aliphatic carbocycles. The highest BCUT2D eigenvalue weighted by Gasteiger charge is 2.43. The smallest absolute Gasteiger partial charge is 0.410 e. The third-order valence-electron chi connectivity index (χ3n) is 8.64. The number of rotatable bonds is 6. The number of hydrogen-bond acceptors (Lipinski definition) is 4. The molecule has 218 valence electrons. The molecule has 0 unspecified atom stereocenters. The molecule has 1 N–H and O–H groups in total. The summed E-state index contributed by atoms with van der Waals surface area (Å²) in [6, 6.07) is 24.3. The first-order chi connectivity index (χ1) is 20.2. The lowest BCUT2D eigenvalue weighted by molar-refractivity contribution is -0.137. The highest BCUT2D eigenvalue weighted by Crippen LogP contribution is 2.40. The minimum atomic E-state index is -0.603. The van der Waals surface area contributed by atoms with Crippen molar-refractivity contribution >= 4 is 17.6 Å². The standard InChI is InChI=1S/C36H40N2O4/c1-36(2,3)42-35(41)37-20-19-32(27-9-6-8-26(21-27)24-13-17-30(39)18-14-24)33(23-37)34(40)38(29-15-16-29)22-28-12-11-25-7-4-5-10-31(25)28/h4-10,12-14,17-18,21,29,32-33,39H,11,15-16,19-20,22-23H2,1-3H3/t32-,33+/m1/s1. The van der Waals surface area contributed by atoms with Gasteiger partial charge in [-0.15, -0.1) is 0 Å². The van der Waals surface area contributed by atoms with Gasteiger partial charge < -0.3 is 19.6 Å². The van der Waals surface area contributed by atoms with Crippen LogP contribution in [0.25, 0.3) is 16.7 Å². The van der Waals surface area contributed by atoms with Gasteiger partial charge in [0.2, 0.25) is 5.91 Å². The Morgan fingerprint density at radius 3 is 2.45 bits per heavy atom. The van der Waals surface area contributed by atoms with Crippen LogP contribution in [0.1, 0.15) is 62.6 Å². The summed E-state index contributed by atoms with van der Waals surface area (Å²) < 4.78 is 5.73. The molecule has 42 heavy (non-hydrogen) atoms. The number of carbonyl (C=O) groups excluding carboxylic acids is 2. The zero-order valence-corrected chi connectivity index (χ0v) is 24.8. The molecule has 6 nitrogen and oxygen atoms in total. The maximum atomic E-state index is 14.6. The van der Waals surface area contributed by atoms with Crippen LogP contribution in [-0.2, 0) is 16.0 Å². The van der Waals surface area contributed by atoms with Gasteiger partial charge in [-0.2, -0.15) is 0 Å². The quantitative estimate of drug-likeness (QED) is 0.349. The van der Waals surface area contributed by atoms with E-state index in [0.29, 0.717) is 26.1 Å². The molecule has 3 aromatic rings. The molecule has 3 aromatic carbocycles. The van der Waals surface area contributed by atoms with E-state index >= 15 is 0 Å². The van der Waals surface area contributed by atoms with Gasteiger partial charge in [0.05, 0.1) is 5.92 Å². The van der Waals surface area contributed by atoms with Crippen LogP contribution in [-0.4, -0.2) is 58.2 Å². The molecule has 6 heteroatoms. The van der Waals surface area contributed by atoms with E-state index in [9.17, 15) is 14.7 Å². The van der Waals surface area contributed by atoms with Crippen molar-refractivity contribution in [1.82, 2.24) is 9.80 Å². The monoisotopic (exact) mass is 564 g/mol. The molecule has 0 radical (unpaired) electrons. The summed E-state index contributed by atoms with van der Waals surface area (Å²) in [5.41, 5.74) is 6.33. The number of allylic oxidation sites excluding steroid dienone is 1. The van der Waals surface area contributed by atoms with Gasteiger partial charge in [-0.25, -0.2) is 4.79 Å². The fourth-order valence-corrected chi connectivity index (χ4v) is 6.37. The van der Waals surface area contributed by atoms with Gasteiger partial charge in [-0.3, -0.25) is 4.79 Å². The van der Waals surface area contributed by atoms with Crippen LogP contribution in [0.2, 0.25) is 0 Å². The SMILES string of the molecule is CC(C)(C)OC(=O)N1CC[C@H](c2cccc(-c3ccc(O)cc3)c2)[C@@H](C(=O)N(CC2=CCc3ccccc32)C2CC2)C1. The summed E-state index contributed by atoms with van der Waals surface area (Å²) in [5, 5.41) is 9.77. The second kappa shape index (κ2) is 11.3. The van der Waals surface area contributed by atoms with Crippen LogP contribution in [0, 0.1) is 5.92 Å². The Balaban J connectivity index is 1.31. The fraction of sp³-hybridized carbons (Fsp3) is 0.389. The number of carbonyl (C=O) groups is 2. The Morgan fingerprint density at radius 2 is 1.71 bits per heavy atom. The molecule has 0 bridgehead atoms. The molecule has 2 amide bonds. The van der Waals surface area contributed by atoms with E-state index in [-0.39, 0.29) is 35.6 Å². The van der Waals surface area contributed by atoms with E-state index in [0.717, 1.165) is 36.0 Å². The molecule has 1 saturated heterocycles. The topological polar surface area (TPSA) is 70.1 Å². The summed E-state index contributed by atoms with van der Waals surface area (Å²) in [4.78, 5) is 31.6. The number of hydrogen-bond donors (Lipinski definition) is 1. The molecule has 2 fully saturated rings. The predicted octanol–water partition coefficient (Wildman–Crippen LogP) is 7.03. The van der Waals surface area contributed by atoms with Crippen molar-refractivity contribution in [3.63, 3.8) is 0 Å². The normalized spacial score (nSPS) is 20.1. The first kappa shape index (κ1) is 28.1. The van der Waals surface area contributed by atoms with Crippen LogP contribution >= 0.6 is 0 Å². The van der Waals surface area contributed by atoms with E-state index in [1.54, 1.807) is 17.0 Å². The van der Waals surface area contributed by atoms with Crippen LogP contribution < -0.4 is 0 Å². The average Bonchev–Trinajstić information content (AvgIpc) is 3.74. The molecule has 0 aromatic heterocycles. The molecule has 6 rings (SSSR count). The third kappa shape index (κ3) is 6.08. The third-order valence-corrected chi connectivity index (χ3v) is 8.64. The van der Waals surface area contributed by atoms with Crippen molar-refractivity contribution in [3.8, 4) is 16.9 Å². The summed E-state index contributed by atoms with van der Waals surface area (Å²) in [7, 11) is 0. The number of benzene rings is 3. The number of aromatic hydroxyl groups is 1. The lowest BCUT2D eigenvalue weighted by atomic mass is 9.79. The first-order valence-electron chi connectivity index (χ1n) is 15.1. The molecular formula is C36H40N2O4. The molecule has 1 saturated carbocycles. The van der Waals surface area contributed by atoms with Crippen LogP contribution in [0.3, 0.4) is 0 Å². The van der Waals surface area contributed by atoms with Crippen molar-refractivity contribution < 1.29 is 19.4 Å². The van der Waals surface area contributed by atoms with Crippen molar-refractivity contribution in [2.75, 3.05) is 19.6 Å². The Morgan fingerprint density at radius 1 is 0.952 bits per heavy atom. The molecule has 2 atom stereocenters. The number of fused-ring (bicyclic) bond motifs is 1. The lowest BCUT2D eigenvalue weighted by Crippen LogP contribution is -2.51. The maximum absolute atomic E-state index is 14.6. The molecular weight excluding hydrogens is 524 g/mol. The van der Waals surface area contributed by atoms with E-state index < -0.39 is 5.60 Å². The number of amides is 2. The summed E-state index contributed by atoms with van der Waals surface area (Å²) in [5.74, 6) is -0.0511. The second-order valence-corrected chi connectivity index (χ2v) is 12.9. The van der Waals surface area contributed by atoms with Crippen LogP contribution in [0.4, 0.5) is 4.79 Å². The van der Waals surface area contributed by atoms with Crippen molar-refractivity contribution in [2.45, 2.75) is 64.0 Å². The number of likely N-dealkylation sites (tertiary alicyclic amines) is 1. The van der Waals surface area contributed by atoms with Gasteiger partial charge in [0.15, 0.2) is 0 Å². The minimum absolute atomic E-state index is 0.0284. The van der Waals surface area contributed by atoms with E-state index in [1.807, 2.05) is 39.0 Å². The Kier molecular flexibility index (Phi) is 7.56. The summed E-state index contributed by atoms with van der Waals surface area (Å²) in [6.07, 6.45) is 5.52. The van der Waals surface area contributed by atoms with Gasteiger partial charge in [0, 0.05) is 25.7 Å². The van der Waals surface area contributed by atoms with E-state index in [2.05, 4.69) is 53.4 Å². The molecule has 3 aliphatic rings. The van der Waals surface area contributed by atoms with Gasteiger partial charge in [0.1, 0.15) is 11.4 Å². The van der Waals surface area contributed by atoms with Gasteiger partial charge in [-0.05, 0) is 97.9 Å². The first-order valence-corrected chi connectivity index (χ1v) is 15.1. The Labute approximate surface area is 248 Å².